The summed E-state index contributed by atoms with van der Waals surface area (Å²) in [7, 11) is 0. The van der Waals surface area contributed by atoms with Gasteiger partial charge in [-0.2, -0.15) is 0 Å². The minimum absolute atomic E-state index is 0. The molecular formula is C10H17Cl2N3O2S. The van der Waals surface area contributed by atoms with E-state index >= 15 is 0 Å². The molecule has 0 aliphatic carbocycles. The lowest BCUT2D eigenvalue weighted by atomic mass is 10.1. The fraction of sp³-hybridized carbons (Fsp3) is 0.600. The molecule has 1 fully saturated rings. The van der Waals surface area contributed by atoms with Gasteiger partial charge in [0.05, 0.1) is 17.3 Å². The fourth-order valence-corrected chi connectivity index (χ4v) is 2.47. The van der Waals surface area contributed by atoms with Crippen molar-refractivity contribution in [2.24, 2.45) is 5.92 Å². The maximum Gasteiger partial charge on any atom is 0.263 e. The van der Waals surface area contributed by atoms with Crippen LogP contribution < -0.4 is 10.6 Å². The van der Waals surface area contributed by atoms with Crippen LogP contribution in [0.3, 0.4) is 0 Å². The van der Waals surface area contributed by atoms with Crippen LogP contribution >= 0.6 is 36.2 Å². The van der Waals surface area contributed by atoms with Crippen molar-refractivity contribution in [1.29, 1.82) is 0 Å². The monoisotopic (exact) mass is 313 g/mol. The number of carbonyl (C=O) groups excluding carboxylic acids is 1. The molecule has 2 heterocycles. The number of aryl methyl sites for hydroxylation is 1. The van der Waals surface area contributed by atoms with Crippen LogP contribution in [0.2, 0.25) is 0 Å². The van der Waals surface area contributed by atoms with Crippen LogP contribution in [0.5, 0.6) is 0 Å². The predicted octanol–water partition coefficient (Wildman–Crippen LogP) is 0.605. The van der Waals surface area contributed by atoms with Crippen molar-refractivity contribution < 1.29 is 9.90 Å². The third-order valence-electron chi connectivity index (χ3n) is 2.78. The van der Waals surface area contributed by atoms with Crippen LogP contribution in [-0.4, -0.2) is 41.7 Å². The molecular weight excluding hydrogens is 297 g/mol. The highest BCUT2D eigenvalue weighted by atomic mass is 35.5. The van der Waals surface area contributed by atoms with E-state index in [-0.39, 0.29) is 42.7 Å². The Hall–Kier alpha value is -0.400. The Labute approximate surface area is 122 Å². The smallest absolute Gasteiger partial charge is 0.263 e. The molecule has 0 aromatic carbocycles. The maximum atomic E-state index is 11.7. The lowest BCUT2D eigenvalue weighted by Crippen LogP contribution is -2.34. The van der Waals surface area contributed by atoms with Crippen LogP contribution in [0, 0.1) is 12.8 Å². The van der Waals surface area contributed by atoms with Crippen molar-refractivity contribution in [2.45, 2.75) is 13.0 Å². The Kier molecular flexibility index (Phi) is 7.73. The van der Waals surface area contributed by atoms with Gasteiger partial charge in [0, 0.05) is 25.6 Å². The molecule has 0 bridgehead atoms. The molecule has 1 aromatic heterocycles. The molecule has 1 aromatic rings. The Balaban J connectivity index is 0.00000144. The second kappa shape index (κ2) is 7.91. The normalized spacial score (nSPS) is 21.9. The van der Waals surface area contributed by atoms with Crippen LogP contribution in [0.15, 0.2) is 5.51 Å². The summed E-state index contributed by atoms with van der Waals surface area (Å²) in [5, 5.41) is 15.5. The number of nitrogens with zero attached hydrogens (tertiary/aromatic N) is 1. The number of rotatable bonds is 3. The van der Waals surface area contributed by atoms with Gasteiger partial charge in [-0.15, -0.1) is 36.2 Å². The average Bonchev–Trinajstić information content (AvgIpc) is 2.84. The van der Waals surface area contributed by atoms with Gasteiger partial charge in [-0.1, -0.05) is 0 Å². The predicted molar refractivity (Wildman–Crippen MR) is 76.0 cm³/mol. The quantitative estimate of drug-likeness (QED) is 0.764. The second-order valence-electron chi connectivity index (χ2n) is 3.96. The van der Waals surface area contributed by atoms with Crippen LogP contribution in [0.25, 0.3) is 0 Å². The molecule has 3 N–H and O–H groups in total. The van der Waals surface area contributed by atoms with E-state index in [0.29, 0.717) is 18.0 Å². The molecule has 2 unspecified atom stereocenters. The molecule has 18 heavy (non-hydrogen) atoms. The zero-order valence-corrected chi connectivity index (χ0v) is 12.3. The first kappa shape index (κ1) is 17.6. The first-order valence-corrected chi connectivity index (χ1v) is 6.13. The number of nitrogens with one attached hydrogen (secondary N) is 2. The zero-order chi connectivity index (χ0) is 11.5. The van der Waals surface area contributed by atoms with E-state index in [4.69, 9.17) is 0 Å². The van der Waals surface area contributed by atoms with Gasteiger partial charge < -0.3 is 15.7 Å². The van der Waals surface area contributed by atoms with Crippen LogP contribution in [-0.2, 0) is 0 Å². The highest BCUT2D eigenvalue weighted by molar-refractivity contribution is 7.11. The van der Waals surface area contributed by atoms with Gasteiger partial charge in [-0.05, 0) is 6.92 Å². The number of β-amino-alcohol motifs (C(OH)–C–C–N with tert-alkyl or cyclic N) is 1. The van der Waals surface area contributed by atoms with E-state index in [2.05, 4.69) is 15.6 Å². The summed E-state index contributed by atoms with van der Waals surface area (Å²) in [5.74, 6) is 0.0104. The molecule has 1 aliphatic heterocycles. The van der Waals surface area contributed by atoms with Gasteiger partial charge in [0.2, 0.25) is 0 Å². The van der Waals surface area contributed by atoms with Gasteiger partial charge in [-0.3, -0.25) is 4.79 Å². The fourth-order valence-electron chi connectivity index (χ4n) is 1.75. The summed E-state index contributed by atoms with van der Waals surface area (Å²) in [4.78, 5) is 16.4. The molecule has 104 valence electrons. The molecule has 1 amide bonds. The van der Waals surface area contributed by atoms with E-state index in [0.717, 1.165) is 12.2 Å². The number of hydrogen-bond acceptors (Lipinski definition) is 5. The first-order chi connectivity index (χ1) is 7.68. The lowest BCUT2D eigenvalue weighted by Gasteiger charge is -2.13. The number of aliphatic hydroxyl groups excluding tert-OH is 1. The average molecular weight is 314 g/mol. The highest BCUT2D eigenvalue weighted by Crippen LogP contribution is 2.12. The number of amides is 1. The summed E-state index contributed by atoms with van der Waals surface area (Å²) in [6, 6.07) is 0. The number of carbonyl (C=O) groups is 1. The topological polar surface area (TPSA) is 74.2 Å². The summed E-state index contributed by atoms with van der Waals surface area (Å²) in [6.45, 7) is 3.69. The Morgan fingerprint density at radius 2 is 2.33 bits per heavy atom. The number of thiazole rings is 1. The molecule has 1 saturated heterocycles. The Bertz CT molecular complexity index is 389. The SMILES string of the molecule is Cc1ncsc1C(=O)NCC1CNCC1O.Cl.Cl. The molecule has 1 aliphatic rings. The molecule has 2 atom stereocenters. The summed E-state index contributed by atoms with van der Waals surface area (Å²) < 4.78 is 0. The van der Waals surface area contributed by atoms with Crippen LogP contribution in [0.1, 0.15) is 15.4 Å². The van der Waals surface area contributed by atoms with E-state index < -0.39 is 0 Å². The van der Waals surface area contributed by atoms with Gasteiger partial charge in [0.25, 0.3) is 5.91 Å². The van der Waals surface area contributed by atoms with Gasteiger partial charge in [0.15, 0.2) is 0 Å². The molecule has 0 spiro atoms. The van der Waals surface area contributed by atoms with E-state index in [1.165, 1.54) is 11.3 Å². The standard InChI is InChI=1S/C10H15N3O2S.2ClH/c1-6-9(16-5-13-6)10(15)12-3-7-2-11-4-8(7)14;;/h5,7-8,11,14H,2-4H2,1H3,(H,12,15);2*1H. The Morgan fingerprint density at radius 1 is 1.61 bits per heavy atom. The maximum absolute atomic E-state index is 11.7. The van der Waals surface area contributed by atoms with Crippen molar-refractivity contribution in [2.75, 3.05) is 19.6 Å². The second-order valence-corrected chi connectivity index (χ2v) is 4.82. The third kappa shape index (κ3) is 4.07. The summed E-state index contributed by atoms with van der Waals surface area (Å²) in [6.07, 6.45) is -0.358. The molecule has 0 radical (unpaired) electrons. The highest BCUT2D eigenvalue weighted by Gasteiger charge is 2.25. The van der Waals surface area contributed by atoms with E-state index in [9.17, 15) is 9.90 Å². The van der Waals surface area contributed by atoms with E-state index in [1.54, 1.807) is 5.51 Å². The van der Waals surface area contributed by atoms with Crippen LogP contribution in [0.4, 0.5) is 0 Å². The zero-order valence-electron chi connectivity index (χ0n) is 9.88. The van der Waals surface area contributed by atoms with E-state index in [1.807, 2.05) is 6.92 Å². The molecule has 8 heteroatoms. The third-order valence-corrected chi connectivity index (χ3v) is 3.71. The number of aromatic nitrogens is 1. The van der Waals surface area contributed by atoms with Crippen molar-refractivity contribution in [3.05, 3.63) is 16.1 Å². The molecule has 2 rings (SSSR count). The summed E-state index contributed by atoms with van der Waals surface area (Å²) >= 11 is 1.34. The minimum atomic E-state index is -0.358. The summed E-state index contributed by atoms with van der Waals surface area (Å²) in [5.41, 5.74) is 2.42. The largest absolute Gasteiger partial charge is 0.391 e. The van der Waals surface area contributed by atoms with Crippen molar-refractivity contribution in [3.8, 4) is 0 Å². The number of halogens is 2. The molecule has 5 nitrogen and oxygen atoms in total. The Morgan fingerprint density at radius 3 is 2.83 bits per heavy atom. The van der Waals surface area contributed by atoms with Crippen molar-refractivity contribution >= 4 is 42.1 Å². The number of hydrogen-bond donors (Lipinski definition) is 3. The van der Waals surface area contributed by atoms with Crippen molar-refractivity contribution in [1.82, 2.24) is 15.6 Å². The van der Waals surface area contributed by atoms with Gasteiger partial charge in [-0.25, -0.2) is 4.98 Å². The first-order valence-electron chi connectivity index (χ1n) is 5.25. The van der Waals surface area contributed by atoms with Gasteiger partial charge >= 0.3 is 0 Å². The van der Waals surface area contributed by atoms with Gasteiger partial charge in [0.1, 0.15) is 4.88 Å². The minimum Gasteiger partial charge on any atom is -0.391 e. The lowest BCUT2D eigenvalue weighted by molar-refractivity contribution is 0.0930. The number of aliphatic hydroxyl groups is 1. The van der Waals surface area contributed by atoms with Crippen molar-refractivity contribution in [3.63, 3.8) is 0 Å². The molecule has 0 saturated carbocycles.